The minimum Gasteiger partial charge on any atom is -0.393 e. The van der Waals surface area contributed by atoms with Crippen LogP contribution in [0.25, 0.3) is 0 Å². The standard InChI is InChI=1S/C14H19NO4S/c16-12-8-11(9-12)10-15-14(17)6-7-20(18,19)13-4-2-1-3-5-13/h1-5,11-12,16H,6-10H2,(H,15,17). The summed E-state index contributed by atoms with van der Waals surface area (Å²) in [6.45, 7) is 0.515. The van der Waals surface area contributed by atoms with Crippen molar-refractivity contribution in [2.45, 2.75) is 30.3 Å². The average molecular weight is 297 g/mol. The Morgan fingerprint density at radius 3 is 2.50 bits per heavy atom. The topological polar surface area (TPSA) is 83.5 Å². The molecule has 1 aromatic rings. The molecule has 0 heterocycles. The number of carbonyl (C=O) groups is 1. The molecular formula is C14H19NO4S. The Morgan fingerprint density at radius 1 is 1.25 bits per heavy atom. The number of aliphatic hydroxyl groups excluding tert-OH is 1. The van der Waals surface area contributed by atoms with Gasteiger partial charge >= 0.3 is 0 Å². The maximum atomic E-state index is 12.0. The van der Waals surface area contributed by atoms with Gasteiger partial charge in [0.05, 0.1) is 16.8 Å². The largest absolute Gasteiger partial charge is 0.393 e. The predicted octanol–water partition coefficient (Wildman–Crippen LogP) is 0.738. The minimum atomic E-state index is -3.40. The number of benzene rings is 1. The molecule has 0 spiro atoms. The van der Waals surface area contributed by atoms with Gasteiger partial charge < -0.3 is 10.4 Å². The number of rotatable bonds is 6. The molecule has 2 N–H and O–H groups in total. The normalized spacial score (nSPS) is 22.1. The summed E-state index contributed by atoms with van der Waals surface area (Å²) >= 11 is 0. The summed E-state index contributed by atoms with van der Waals surface area (Å²) < 4.78 is 23.9. The Kier molecular flexibility index (Phi) is 4.77. The van der Waals surface area contributed by atoms with Crippen LogP contribution in [-0.2, 0) is 14.6 Å². The molecule has 0 atom stereocenters. The summed E-state index contributed by atoms with van der Waals surface area (Å²) in [4.78, 5) is 11.9. The first-order valence-electron chi connectivity index (χ1n) is 6.70. The van der Waals surface area contributed by atoms with Crippen molar-refractivity contribution < 1.29 is 18.3 Å². The zero-order valence-corrected chi connectivity index (χ0v) is 12.0. The monoisotopic (exact) mass is 297 g/mol. The zero-order valence-electron chi connectivity index (χ0n) is 11.2. The van der Waals surface area contributed by atoms with E-state index >= 15 is 0 Å². The van der Waals surface area contributed by atoms with Gasteiger partial charge in [-0.25, -0.2) is 8.42 Å². The predicted molar refractivity (Wildman–Crippen MR) is 74.9 cm³/mol. The van der Waals surface area contributed by atoms with Crippen LogP contribution in [0, 0.1) is 5.92 Å². The summed E-state index contributed by atoms with van der Waals surface area (Å²) in [6, 6.07) is 8.13. The van der Waals surface area contributed by atoms with Crippen LogP contribution in [0.4, 0.5) is 0 Å². The van der Waals surface area contributed by atoms with Crippen molar-refractivity contribution in [2.24, 2.45) is 5.92 Å². The molecule has 1 amide bonds. The smallest absolute Gasteiger partial charge is 0.221 e. The Bertz CT molecular complexity index is 550. The van der Waals surface area contributed by atoms with E-state index in [0.29, 0.717) is 25.3 Å². The van der Waals surface area contributed by atoms with E-state index in [-0.39, 0.29) is 29.1 Å². The van der Waals surface area contributed by atoms with Crippen molar-refractivity contribution >= 4 is 15.7 Å². The van der Waals surface area contributed by atoms with Gasteiger partial charge in [-0.1, -0.05) is 18.2 Å². The Hall–Kier alpha value is -1.40. The fourth-order valence-corrected chi connectivity index (χ4v) is 3.45. The highest BCUT2D eigenvalue weighted by molar-refractivity contribution is 7.91. The quantitative estimate of drug-likeness (QED) is 0.811. The molecule has 0 bridgehead atoms. The third-order valence-corrected chi connectivity index (χ3v) is 5.23. The first-order valence-corrected chi connectivity index (χ1v) is 8.35. The van der Waals surface area contributed by atoms with Crippen molar-refractivity contribution in [2.75, 3.05) is 12.3 Å². The van der Waals surface area contributed by atoms with Gasteiger partial charge in [0.15, 0.2) is 9.84 Å². The van der Waals surface area contributed by atoms with Crippen molar-refractivity contribution in [1.29, 1.82) is 0 Å². The van der Waals surface area contributed by atoms with Gasteiger partial charge in [-0.05, 0) is 30.9 Å². The summed E-state index contributed by atoms with van der Waals surface area (Å²) in [7, 11) is -3.40. The van der Waals surface area contributed by atoms with E-state index in [1.165, 1.54) is 12.1 Å². The molecule has 2 rings (SSSR count). The number of aliphatic hydroxyl groups is 1. The molecule has 0 unspecified atom stereocenters. The van der Waals surface area contributed by atoms with Crippen molar-refractivity contribution in [3.63, 3.8) is 0 Å². The number of carbonyl (C=O) groups excluding carboxylic acids is 1. The van der Waals surface area contributed by atoms with Crippen LogP contribution in [0.1, 0.15) is 19.3 Å². The molecule has 0 saturated heterocycles. The van der Waals surface area contributed by atoms with Crippen LogP contribution in [0.15, 0.2) is 35.2 Å². The Balaban J connectivity index is 1.75. The minimum absolute atomic E-state index is 0.0352. The van der Waals surface area contributed by atoms with Crippen LogP contribution >= 0.6 is 0 Å². The van der Waals surface area contributed by atoms with Crippen LogP contribution in [0.3, 0.4) is 0 Å². The number of amides is 1. The molecule has 0 aliphatic heterocycles. The molecule has 1 fully saturated rings. The van der Waals surface area contributed by atoms with E-state index in [2.05, 4.69) is 5.32 Å². The molecule has 6 heteroatoms. The summed E-state index contributed by atoms with van der Waals surface area (Å²) in [5.74, 6) is -0.124. The molecule has 1 aliphatic rings. The van der Waals surface area contributed by atoms with Gasteiger partial charge in [-0.2, -0.15) is 0 Å². The maximum absolute atomic E-state index is 12.0. The second kappa shape index (κ2) is 6.37. The van der Waals surface area contributed by atoms with Crippen LogP contribution < -0.4 is 5.32 Å². The first-order chi connectivity index (χ1) is 9.47. The molecule has 110 valence electrons. The van der Waals surface area contributed by atoms with Gasteiger partial charge in [-0.3, -0.25) is 4.79 Å². The fraction of sp³-hybridized carbons (Fsp3) is 0.500. The second-order valence-electron chi connectivity index (χ2n) is 5.18. The van der Waals surface area contributed by atoms with Gasteiger partial charge in [0.2, 0.25) is 5.91 Å². The summed E-state index contributed by atoms with van der Waals surface area (Å²) in [5.41, 5.74) is 0. The van der Waals surface area contributed by atoms with Gasteiger partial charge in [-0.15, -0.1) is 0 Å². The average Bonchev–Trinajstić information content (AvgIpc) is 2.41. The lowest BCUT2D eigenvalue weighted by Gasteiger charge is -2.31. The highest BCUT2D eigenvalue weighted by atomic mass is 32.2. The van der Waals surface area contributed by atoms with E-state index < -0.39 is 9.84 Å². The number of nitrogens with one attached hydrogen (secondary N) is 1. The molecule has 0 aromatic heterocycles. The van der Waals surface area contributed by atoms with E-state index in [4.69, 9.17) is 5.11 Å². The van der Waals surface area contributed by atoms with E-state index in [9.17, 15) is 13.2 Å². The first kappa shape index (κ1) is 15.0. The van der Waals surface area contributed by atoms with E-state index in [1.807, 2.05) is 0 Å². The lowest BCUT2D eigenvalue weighted by atomic mass is 9.82. The van der Waals surface area contributed by atoms with Crippen molar-refractivity contribution in [3.8, 4) is 0 Å². The molecular weight excluding hydrogens is 278 g/mol. The molecule has 0 radical (unpaired) electrons. The van der Waals surface area contributed by atoms with Crippen molar-refractivity contribution in [1.82, 2.24) is 5.32 Å². The van der Waals surface area contributed by atoms with Crippen molar-refractivity contribution in [3.05, 3.63) is 30.3 Å². The molecule has 1 saturated carbocycles. The van der Waals surface area contributed by atoms with E-state index in [0.717, 1.165) is 0 Å². The van der Waals surface area contributed by atoms with Crippen LogP contribution in [-0.4, -0.2) is 37.8 Å². The number of hydrogen-bond acceptors (Lipinski definition) is 4. The molecule has 20 heavy (non-hydrogen) atoms. The second-order valence-corrected chi connectivity index (χ2v) is 7.29. The molecule has 1 aromatic carbocycles. The molecule has 5 nitrogen and oxygen atoms in total. The summed E-state index contributed by atoms with van der Waals surface area (Å²) in [5, 5.41) is 11.8. The third-order valence-electron chi connectivity index (χ3n) is 3.50. The van der Waals surface area contributed by atoms with Gasteiger partial charge in [0.25, 0.3) is 0 Å². The lowest BCUT2D eigenvalue weighted by molar-refractivity contribution is -0.121. The van der Waals surface area contributed by atoms with Gasteiger partial charge in [0.1, 0.15) is 0 Å². The van der Waals surface area contributed by atoms with E-state index in [1.54, 1.807) is 18.2 Å². The third kappa shape index (κ3) is 4.05. The molecule has 1 aliphatic carbocycles. The zero-order chi connectivity index (χ0) is 14.6. The fourth-order valence-electron chi connectivity index (χ4n) is 2.19. The SMILES string of the molecule is O=C(CCS(=O)(=O)c1ccccc1)NCC1CC(O)C1. The van der Waals surface area contributed by atoms with Crippen LogP contribution in [0.5, 0.6) is 0 Å². The lowest BCUT2D eigenvalue weighted by Crippen LogP contribution is -2.38. The Morgan fingerprint density at radius 2 is 1.90 bits per heavy atom. The highest BCUT2D eigenvalue weighted by Gasteiger charge is 2.27. The number of hydrogen-bond donors (Lipinski definition) is 2. The highest BCUT2D eigenvalue weighted by Crippen LogP contribution is 2.26. The number of sulfone groups is 1. The summed E-state index contributed by atoms with van der Waals surface area (Å²) in [6.07, 6.45) is 1.15. The Labute approximate surface area is 118 Å². The van der Waals surface area contributed by atoms with Crippen LogP contribution in [0.2, 0.25) is 0 Å². The van der Waals surface area contributed by atoms with Gasteiger partial charge in [0, 0.05) is 13.0 Å². The maximum Gasteiger partial charge on any atom is 0.221 e.